The van der Waals surface area contributed by atoms with E-state index in [0.29, 0.717) is 10.6 Å². The Balaban J connectivity index is 2.24. The second-order valence-corrected chi connectivity index (χ2v) is 6.20. The Labute approximate surface area is 131 Å². The maximum Gasteiger partial charge on any atom is 0.157 e. The minimum absolute atomic E-state index is 0.107. The molecule has 1 aliphatic rings. The topological polar surface area (TPSA) is 20.3 Å². The molecule has 0 bridgehead atoms. The summed E-state index contributed by atoms with van der Waals surface area (Å²) in [5, 5.41) is 0.471. The van der Waals surface area contributed by atoms with Crippen molar-refractivity contribution in [1.29, 1.82) is 0 Å². The molecule has 1 aliphatic heterocycles. The molecule has 1 fully saturated rings. The molecule has 116 valence electrons. The first-order valence-corrected chi connectivity index (χ1v) is 8.13. The summed E-state index contributed by atoms with van der Waals surface area (Å²) in [6.45, 7) is 6.03. The van der Waals surface area contributed by atoms with Crippen molar-refractivity contribution in [3.8, 4) is 0 Å². The van der Waals surface area contributed by atoms with E-state index in [-0.39, 0.29) is 18.0 Å². The van der Waals surface area contributed by atoms with Crippen molar-refractivity contribution in [1.82, 2.24) is 4.90 Å². The Hall–Kier alpha value is -0.930. The molecule has 0 atom stereocenters. The highest BCUT2D eigenvalue weighted by molar-refractivity contribution is 6.30. The smallest absolute Gasteiger partial charge is 0.157 e. The van der Waals surface area contributed by atoms with Crippen LogP contribution in [-0.2, 0) is 11.2 Å². The SMILES string of the molecule is CCC(CC)(C(=O)Cc1cc(Cl)ccc1F)N1CCCC1. The molecule has 0 saturated carbocycles. The monoisotopic (exact) mass is 311 g/mol. The number of carbonyl (C=O) groups is 1. The number of hydrogen-bond acceptors (Lipinski definition) is 2. The van der Waals surface area contributed by atoms with Gasteiger partial charge in [0.25, 0.3) is 0 Å². The highest BCUT2D eigenvalue weighted by atomic mass is 35.5. The highest BCUT2D eigenvalue weighted by Crippen LogP contribution is 2.31. The van der Waals surface area contributed by atoms with Gasteiger partial charge in [0.2, 0.25) is 0 Å². The number of hydrogen-bond donors (Lipinski definition) is 0. The van der Waals surface area contributed by atoms with Crippen LogP contribution >= 0.6 is 11.6 Å². The Bertz CT molecular complexity index is 508. The number of carbonyl (C=O) groups excluding carboxylic acids is 1. The van der Waals surface area contributed by atoms with Gasteiger partial charge < -0.3 is 0 Å². The number of halogens is 2. The maximum atomic E-state index is 13.9. The Morgan fingerprint density at radius 2 is 1.90 bits per heavy atom. The van der Waals surface area contributed by atoms with Gasteiger partial charge >= 0.3 is 0 Å². The van der Waals surface area contributed by atoms with Crippen molar-refractivity contribution in [3.05, 3.63) is 34.6 Å². The fraction of sp³-hybridized carbons (Fsp3) is 0.588. The summed E-state index contributed by atoms with van der Waals surface area (Å²) in [5.74, 6) is -0.245. The van der Waals surface area contributed by atoms with E-state index in [9.17, 15) is 9.18 Å². The van der Waals surface area contributed by atoms with Crippen molar-refractivity contribution in [2.24, 2.45) is 0 Å². The van der Waals surface area contributed by atoms with Gasteiger partial charge in [0, 0.05) is 11.4 Å². The molecule has 1 aromatic carbocycles. The zero-order chi connectivity index (χ0) is 15.5. The Morgan fingerprint density at radius 3 is 2.48 bits per heavy atom. The lowest BCUT2D eigenvalue weighted by atomic mass is 9.83. The largest absolute Gasteiger partial charge is 0.297 e. The van der Waals surface area contributed by atoms with Crippen LogP contribution in [0.3, 0.4) is 0 Å². The lowest BCUT2D eigenvalue weighted by Gasteiger charge is -2.39. The van der Waals surface area contributed by atoms with Gasteiger partial charge in [0.05, 0.1) is 5.54 Å². The third-order valence-corrected chi connectivity index (χ3v) is 4.99. The highest BCUT2D eigenvalue weighted by Gasteiger charge is 2.41. The lowest BCUT2D eigenvalue weighted by molar-refractivity contribution is -0.130. The summed E-state index contributed by atoms with van der Waals surface area (Å²) in [4.78, 5) is 15.2. The minimum Gasteiger partial charge on any atom is -0.297 e. The number of Topliss-reactive ketones (excluding diaryl/α,β-unsaturated/α-hetero) is 1. The van der Waals surface area contributed by atoms with Gasteiger partial charge in [-0.2, -0.15) is 0 Å². The third-order valence-electron chi connectivity index (χ3n) is 4.76. The van der Waals surface area contributed by atoms with Crippen LogP contribution in [0, 0.1) is 5.82 Å². The number of nitrogens with zero attached hydrogens (tertiary/aromatic N) is 1. The zero-order valence-electron chi connectivity index (χ0n) is 12.8. The van der Waals surface area contributed by atoms with Crippen LogP contribution < -0.4 is 0 Å². The van der Waals surface area contributed by atoms with Crippen molar-refractivity contribution in [3.63, 3.8) is 0 Å². The van der Waals surface area contributed by atoms with Crippen LogP contribution in [0.2, 0.25) is 5.02 Å². The van der Waals surface area contributed by atoms with Crippen molar-refractivity contribution >= 4 is 17.4 Å². The van der Waals surface area contributed by atoms with Gasteiger partial charge in [0.1, 0.15) is 5.82 Å². The van der Waals surface area contributed by atoms with Gasteiger partial charge in [-0.05, 0) is 62.5 Å². The van der Waals surface area contributed by atoms with E-state index in [1.165, 1.54) is 12.1 Å². The second-order valence-electron chi connectivity index (χ2n) is 5.77. The standard InChI is InChI=1S/C17H23ClFNO/c1-3-17(4-2,20-9-5-6-10-20)16(21)12-13-11-14(18)7-8-15(13)19/h7-8,11H,3-6,9-10,12H2,1-2H3. The molecule has 1 saturated heterocycles. The van der Waals surface area contributed by atoms with Crippen LogP contribution in [0.1, 0.15) is 45.1 Å². The molecular weight excluding hydrogens is 289 g/mol. The fourth-order valence-corrected chi connectivity index (χ4v) is 3.62. The molecule has 0 unspecified atom stereocenters. The number of rotatable bonds is 6. The summed E-state index contributed by atoms with van der Waals surface area (Å²) < 4.78 is 13.9. The molecule has 0 radical (unpaired) electrons. The molecule has 4 heteroatoms. The summed E-state index contributed by atoms with van der Waals surface area (Å²) in [6, 6.07) is 4.41. The van der Waals surface area contributed by atoms with E-state index in [0.717, 1.165) is 38.8 Å². The van der Waals surface area contributed by atoms with Crippen molar-refractivity contribution < 1.29 is 9.18 Å². The first-order valence-electron chi connectivity index (χ1n) is 7.75. The average Bonchev–Trinajstić information content (AvgIpc) is 2.99. The van der Waals surface area contributed by atoms with Crippen LogP contribution in [0.5, 0.6) is 0 Å². The molecule has 0 amide bonds. The third kappa shape index (κ3) is 3.29. The van der Waals surface area contributed by atoms with E-state index in [1.807, 2.05) is 13.8 Å². The molecule has 0 aromatic heterocycles. The summed E-state index contributed by atoms with van der Waals surface area (Å²) in [7, 11) is 0. The van der Waals surface area contributed by atoms with Crippen LogP contribution in [0.25, 0.3) is 0 Å². The summed E-state index contributed by atoms with van der Waals surface area (Å²) >= 11 is 5.92. The molecule has 0 aliphatic carbocycles. The molecule has 0 N–H and O–H groups in total. The second kappa shape index (κ2) is 6.89. The normalized spacial score (nSPS) is 16.4. The van der Waals surface area contributed by atoms with Crippen LogP contribution in [-0.4, -0.2) is 29.3 Å². The zero-order valence-corrected chi connectivity index (χ0v) is 13.5. The first kappa shape index (κ1) is 16.4. The number of likely N-dealkylation sites (tertiary alicyclic amines) is 1. The molecule has 2 nitrogen and oxygen atoms in total. The predicted octanol–water partition coefficient (Wildman–Crippen LogP) is 4.25. The molecule has 0 spiro atoms. The summed E-state index contributed by atoms with van der Waals surface area (Å²) in [5.41, 5.74) is -0.0522. The van der Waals surface area contributed by atoms with E-state index >= 15 is 0 Å². The predicted molar refractivity (Wildman–Crippen MR) is 84.2 cm³/mol. The molecule has 1 aromatic rings. The molecular formula is C17H23ClFNO. The number of benzene rings is 1. The Morgan fingerprint density at radius 1 is 1.29 bits per heavy atom. The van der Waals surface area contributed by atoms with Crippen molar-refractivity contribution in [2.75, 3.05) is 13.1 Å². The molecule has 21 heavy (non-hydrogen) atoms. The molecule has 1 heterocycles. The maximum absolute atomic E-state index is 13.9. The van der Waals surface area contributed by atoms with Gasteiger partial charge in [-0.15, -0.1) is 0 Å². The van der Waals surface area contributed by atoms with Crippen molar-refractivity contribution in [2.45, 2.75) is 51.5 Å². The van der Waals surface area contributed by atoms with E-state index < -0.39 is 5.54 Å². The molecule has 2 rings (SSSR count). The van der Waals surface area contributed by atoms with Gasteiger partial charge in [-0.25, -0.2) is 4.39 Å². The Kier molecular flexibility index (Phi) is 5.39. The van der Waals surface area contributed by atoms with E-state index in [1.54, 1.807) is 6.07 Å². The van der Waals surface area contributed by atoms with E-state index in [2.05, 4.69) is 4.90 Å². The first-order chi connectivity index (χ1) is 10.0. The number of ketones is 1. The fourth-order valence-electron chi connectivity index (χ4n) is 3.43. The van der Waals surface area contributed by atoms with Crippen LogP contribution in [0.15, 0.2) is 18.2 Å². The summed E-state index contributed by atoms with van der Waals surface area (Å²) in [6.07, 6.45) is 3.93. The quantitative estimate of drug-likeness (QED) is 0.783. The average molecular weight is 312 g/mol. The van der Waals surface area contributed by atoms with Gasteiger partial charge in [-0.3, -0.25) is 9.69 Å². The van der Waals surface area contributed by atoms with E-state index in [4.69, 9.17) is 11.6 Å². The minimum atomic E-state index is -0.453. The lowest BCUT2D eigenvalue weighted by Crippen LogP contribution is -2.53. The van der Waals surface area contributed by atoms with Crippen LogP contribution in [0.4, 0.5) is 4.39 Å². The van der Waals surface area contributed by atoms with Gasteiger partial charge in [-0.1, -0.05) is 25.4 Å². The van der Waals surface area contributed by atoms with Gasteiger partial charge in [0.15, 0.2) is 5.78 Å².